The molecule has 1 aromatic carbocycles. The number of halogens is 3. The van der Waals surface area contributed by atoms with Crippen LogP contribution in [0, 0.1) is 11.6 Å². The fraction of sp³-hybridized carbons (Fsp3) is 0.217. The van der Waals surface area contributed by atoms with Crippen molar-refractivity contribution in [3.63, 3.8) is 0 Å². The van der Waals surface area contributed by atoms with E-state index in [1.807, 2.05) is 4.72 Å². The lowest BCUT2D eigenvalue weighted by Crippen LogP contribution is -2.24. The molecular weight excluding hydrogens is 469 g/mol. The van der Waals surface area contributed by atoms with Crippen molar-refractivity contribution in [3.8, 4) is 0 Å². The van der Waals surface area contributed by atoms with Gasteiger partial charge in [0.15, 0.2) is 11.8 Å². The number of pyridine rings is 1. The van der Waals surface area contributed by atoms with Crippen LogP contribution in [0.4, 0.5) is 18.9 Å². The SMILES string of the molecule is CCCS(=O)(=O)Nc1ccc(F)c(C(=O)c2c[nH]c3ncc(C4=C(F)NC(C)C=C4)cc23)c1F. The lowest BCUT2D eigenvalue weighted by molar-refractivity contribution is 0.103. The van der Waals surface area contributed by atoms with Gasteiger partial charge in [-0.05, 0) is 31.5 Å². The van der Waals surface area contributed by atoms with E-state index in [2.05, 4.69) is 15.3 Å². The highest BCUT2D eigenvalue weighted by atomic mass is 32.2. The van der Waals surface area contributed by atoms with E-state index in [4.69, 9.17) is 0 Å². The number of dihydropyridines is 1. The Kier molecular flexibility index (Phi) is 6.22. The maximum absolute atomic E-state index is 15.1. The second kappa shape index (κ2) is 8.98. The standard InChI is InChI=1S/C23H21F3N4O3S/c1-3-8-34(32,33)30-18-7-6-17(24)19(20(18)25)21(31)16-11-28-23-15(16)9-13(10-27-23)14-5-4-12(2)29-22(14)26/h4-7,9-12,29-30H,3,8H2,1-2H3,(H,27,28). The fourth-order valence-corrected chi connectivity index (χ4v) is 4.79. The van der Waals surface area contributed by atoms with Gasteiger partial charge in [0.05, 0.1) is 17.0 Å². The molecule has 1 atom stereocenters. The van der Waals surface area contributed by atoms with E-state index in [-0.39, 0.29) is 40.4 Å². The Hall–Kier alpha value is -3.60. The van der Waals surface area contributed by atoms with Gasteiger partial charge in [-0.1, -0.05) is 19.1 Å². The van der Waals surface area contributed by atoms with Crippen LogP contribution in [0.5, 0.6) is 0 Å². The van der Waals surface area contributed by atoms with Gasteiger partial charge in [-0.25, -0.2) is 22.2 Å². The topological polar surface area (TPSA) is 104 Å². The molecular formula is C23H21F3N4O3S. The molecule has 0 saturated heterocycles. The molecule has 3 heterocycles. The molecule has 0 fully saturated rings. The Balaban J connectivity index is 1.77. The number of nitrogens with one attached hydrogen (secondary N) is 3. The number of fused-ring (bicyclic) bond motifs is 1. The highest BCUT2D eigenvalue weighted by Crippen LogP contribution is 2.30. The number of benzene rings is 1. The Labute approximate surface area is 193 Å². The summed E-state index contributed by atoms with van der Waals surface area (Å²) in [6.07, 6.45) is 6.28. The highest BCUT2D eigenvalue weighted by Gasteiger charge is 2.26. The van der Waals surface area contributed by atoms with Crippen molar-refractivity contribution in [1.29, 1.82) is 0 Å². The van der Waals surface area contributed by atoms with Crippen LogP contribution < -0.4 is 10.0 Å². The minimum Gasteiger partial charge on any atom is -0.356 e. The summed E-state index contributed by atoms with van der Waals surface area (Å²) < 4.78 is 70.3. The number of nitrogens with zero attached hydrogens (tertiary/aromatic N) is 1. The van der Waals surface area contributed by atoms with Gasteiger partial charge in [0.2, 0.25) is 15.8 Å². The molecule has 1 aliphatic rings. The van der Waals surface area contributed by atoms with Crippen molar-refractivity contribution in [2.45, 2.75) is 26.3 Å². The number of carbonyl (C=O) groups excluding carboxylic acids is 1. The maximum Gasteiger partial charge on any atom is 0.232 e. The molecule has 0 amide bonds. The molecule has 3 N–H and O–H groups in total. The Morgan fingerprint density at radius 3 is 2.71 bits per heavy atom. The van der Waals surface area contributed by atoms with Crippen LogP contribution in [0.15, 0.2) is 48.7 Å². The van der Waals surface area contributed by atoms with Crippen molar-refractivity contribution in [2.75, 3.05) is 10.5 Å². The molecule has 1 unspecified atom stereocenters. The molecule has 34 heavy (non-hydrogen) atoms. The smallest absolute Gasteiger partial charge is 0.232 e. The van der Waals surface area contributed by atoms with Crippen LogP contribution in [-0.4, -0.2) is 36.0 Å². The lowest BCUT2D eigenvalue weighted by Gasteiger charge is -2.17. The quantitative estimate of drug-likeness (QED) is 0.336. The largest absolute Gasteiger partial charge is 0.356 e. The second-order valence-electron chi connectivity index (χ2n) is 7.88. The molecule has 1 aliphatic heterocycles. The zero-order valence-electron chi connectivity index (χ0n) is 18.2. The number of hydrogen-bond donors (Lipinski definition) is 3. The third-order valence-corrected chi connectivity index (χ3v) is 6.76. The number of allylic oxidation sites excluding steroid dienone is 2. The first kappa shape index (κ1) is 23.6. The van der Waals surface area contributed by atoms with E-state index in [1.54, 1.807) is 26.0 Å². The van der Waals surface area contributed by atoms with Gasteiger partial charge in [-0.3, -0.25) is 9.52 Å². The molecule has 0 saturated carbocycles. The second-order valence-corrected chi connectivity index (χ2v) is 9.72. The molecule has 0 spiro atoms. The van der Waals surface area contributed by atoms with Crippen LogP contribution in [0.3, 0.4) is 0 Å². The van der Waals surface area contributed by atoms with Crippen molar-refractivity contribution in [2.24, 2.45) is 0 Å². The number of ketones is 1. The van der Waals surface area contributed by atoms with E-state index >= 15 is 4.39 Å². The average Bonchev–Trinajstić information content (AvgIpc) is 3.19. The third-order valence-electron chi connectivity index (χ3n) is 5.29. The zero-order valence-corrected chi connectivity index (χ0v) is 19.1. The van der Waals surface area contributed by atoms with Crippen LogP contribution >= 0.6 is 0 Å². The summed E-state index contributed by atoms with van der Waals surface area (Å²) in [5.41, 5.74) is -0.709. The number of sulfonamides is 1. The number of hydrogen-bond acceptors (Lipinski definition) is 5. The monoisotopic (exact) mass is 490 g/mol. The molecule has 2 aromatic heterocycles. The first-order chi connectivity index (χ1) is 16.1. The molecule has 0 aliphatic carbocycles. The van der Waals surface area contributed by atoms with Crippen molar-refractivity contribution in [1.82, 2.24) is 15.3 Å². The molecule has 3 aromatic rings. The van der Waals surface area contributed by atoms with Gasteiger partial charge in [-0.15, -0.1) is 0 Å². The highest BCUT2D eigenvalue weighted by molar-refractivity contribution is 7.92. The molecule has 0 bridgehead atoms. The summed E-state index contributed by atoms with van der Waals surface area (Å²) in [7, 11) is -3.87. The van der Waals surface area contributed by atoms with Crippen LogP contribution in [0.25, 0.3) is 16.6 Å². The minimum absolute atomic E-state index is 0.0992. The van der Waals surface area contributed by atoms with E-state index in [0.29, 0.717) is 5.56 Å². The number of H-pyrrole nitrogens is 1. The Morgan fingerprint density at radius 1 is 1.24 bits per heavy atom. The predicted molar refractivity (Wildman–Crippen MR) is 123 cm³/mol. The van der Waals surface area contributed by atoms with Gasteiger partial charge in [0.1, 0.15) is 11.5 Å². The third kappa shape index (κ3) is 4.43. The van der Waals surface area contributed by atoms with Gasteiger partial charge in [0, 0.05) is 40.5 Å². The summed E-state index contributed by atoms with van der Waals surface area (Å²) in [5, 5.41) is 2.88. The fourth-order valence-electron chi connectivity index (χ4n) is 3.66. The number of anilines is 1. The average molecular weight is 491 g/mol. The van der Waals surface area contributed by atoms with Gasteiger partial charge < -0.3 is 10.3 Å². The number of aromatic nitrogens is 2. The van der Waals surface area contributed by atoms with Gasteiger partial charge in [0.25, 0.3) is 0 Å². The summed E-state index contributed by atoms with van der Waals surface area (Å²) >= 11 is 0. The van der Waals surface area contributed by atoms with Crippen LogP contribution in [0.2, 0.25) is 0 Å². The van der Waals surface area contributed by atoms with Crippen molar-refractivity contribution in [3.05, 3.63) is 77.0 Å². The van der Waals surface area contributed by atoms with E-state index in [0.717, 1.165) is 12.1 Å². The van der Waals surface area contributed by atoms with E-state index in [9.17, 15) is 22.0 Å². The minimum atomic E-state index is -3.87. The van der Waals surface area contributed by atoms with E-state index in [1.165, 1.54) is 18.5 Å². The number of aromatic amines is 1. The molecule has 7 nitrogen and oxygen atoms in total. The van der Waals surface area contributed by atoms with Crippen LogP contribution in [0.1, 0.15) is 41.8 Å². The van der Waals surface area contributed by atoms with Crippen LogP contribution in [-0.2, 0) is 10.0 Å². The molecule has 0 radical (unpaired) electrons. The van der Waals surface area contributed by atoms with Gasteiger partial charge >= 0.3 is 0 Å². The number of carbonyl (C=O) groups is 1. The van der Waals surface area contributed by atoms with Gasteiger partial charge in [-0.2, -0.15) is 4.39 Å². The predicted octanol–water partition coefficient (Wildman–Crippen LogP) is 4.41. The first-order valence-corrected chi connectivity index (χ1v) is 12.1. The van der Waals surface area contributed by atoms with Crippen molar-refractivity contribution < 1.29 is 26.4 Å². The summed E-state index contributed by atoms with van der Waals surface area (Å²) in [5.74, 6) is -4.33. The lowest BCUT2D eigenvalue weighted by atomic mass is 9.99. The normalized spacial score (nSPS) is 16.1. The summed E-state index contributed by atoms with van der Waals surface area (Å²) in [6, 6.07) is 3.03. The molecule has 11 heteroatoms. The molecule has 4 rings (SSSR count). The first-order valence-electron chi connectivity index (χ1n) is 10.5. The Morgan fingerprint density at radius 2 is 2.00 bits per heavy atom. The summed E-state index contributed by atoms with van der Waals surface area (Å²) in [6.45, 7) is 3.41. The maximum atomic E-state index is 15.1. The zero-order chi connectivity index (χ0) is 24.6. The molecule has 178 valence electrons. The van der Waals surface area contributed by atoms with Crippen molar-refractivity contribution >= 4 is 38.1 Å². The summed E-state index contributed by atoms with van der Waals surface area (Å²) in [4.78, 5) is 20.1. The Bertz CT molecular complexity index is 1460. The van der Waals surface area contributed by atoms with E-state index < -0.39 is 44.6 Å². The number of rotatable bonds is 7.